The van der Waals surface area contributed by atoms with E-state index in [1.165, 1.54) is 71.1 Å². The predicted molar refractivity (Wildman–Crippen MR) is 132 cm³/mol. The van der Waals surface area contributed by atoms with Gasteiger partial charge in [0.25, 0.3) is 0 Å². The Labute approximate surface area is 183 Å². The highest BCUT2D eigenvalue weighted by Gasteiger charge is 2.11. The monoisotopic (exact) mass is 440 g/mol. The van der Waals surface area contributed by atoms with Crippen molar-refractivity contribution in [1.82, 2.24) is 0 Å². The number of hydrogen-bond acceptors (Lipinski definition) is 4. The maximum Gasteiger partial charge on any atom is 0.0449 e. The second kappa shape index (κ2) is 9.36. The van der Waals surface area contributed by atoms with Gasteiger partial charge < -0.3 is 0 Å². The van der Waals surface area contributed by atoms with E-state index in [1.54, 1.807) is 11.3 Å². The van der Waals surface area contributed by atoms with Crippen molar-refractivity contribution < 1.29 is 0 Å². The van der Waals surface area contributed by atoms with Gasteiger partial charge in [-0.2, -0.15) is 0 Å². The van der Waals surface area contributed by atoms with Crippen LogP contribution in [0.3, 0.4) is 0 Å². The van der Waals surface area contributed by atoms with Crippen LogP contribution in [0.5, 0.6) is 0 Å². The topological polar surface area (TPSA) is 0 Å². The summed E-state index contributed by atoms with van der Waals surface area (Å²) >= 11 is 7.57. The molecule has 0 N–H and O–H groups in total. The van der Waals surface area contributed by atoms with Gasteiger partial charge in [0.15, 0.2) is 0 Å². The van der Waals surface area contributed by atoms with Crippen LogP contribution >= 0.6 is 45.3 Å². The molecule has 4 aromatic heterocycles. The van der Waals surface area contributed by atoms with Gasteiger partial charge in [-0.25, -0.2) is 0 Å². The molecule has 0 nitrogen and oxygen atoms in total. The molecule has 0 bridgehead atoms. The van der Waals surface area contributed by atoms with E-state index in [9.17, 15) is 0 Å². The van der Waals surface area contributed by atoms with Crippen molar-refractivity contribution >= 4 is 51.4 Å². The van der Waals surface area contributed by atoms with Crippen LogP contribution in [-0.2, 0) is 6.42 Å². The highest BCUT2D eigenvalue weighted by Crippen LogP contribution is 2.43. The SMILES string of the molecule is C=Cc1ccc(-c2ccc(-c3ccc(-c4ccc(CCCCCC)s4)s3)s2)s1. The van der Waals surface area contributed by atoms with Crippen molar-refractivity contribution in [3.8, 4) is 29.3 Å². The van der Waals surface area contributed by atoms with Crippen LogP contribution in [-0.4, -0.2) is 0 Å². The smallest absolute Gasteiger partial charge is 0.0449 e. The summed E-state index contributed by atoms with van der Waals surface area (Å²) in [6, 6.07) is 18.0. The molecule has 0 aliphatic heterocycles. The summed E-state index contributed by atoms with van der Waals surface area (Å²) in [5.74, 6) is 0. The summed E-state index contributed by atoms with van der Waals surface area (Å²) in [4.78, 5) is 10.9. The summed E-state index contributed by atoms with van der Waals surface area (Å²) in [7, 11) is 0. The first-order valence-corrected chi connectivity index (χ1v) is 13.0. The van der Waals surface area contributed by atoms with E-state index < -0.39 is 0 Å². The average Bonchev–Trinajstić information content (AvgIpc) is 3.49. The Hall–Kier alpha value is -1.46. The molecule has 28 heavy (non-hydrogen) atoms. The standard InChI is InChI=1S/C24H24S4/c1-3-5-6-7-8-18-10-12-20(26-18)22-14-16-24(28-22)23-15-13-21(27-23)19-11-9-17(4-2)25-19/h4,9-16H,2-3,5-8H2,1H3. The molecular weight excluding hydrogens is 417 g/mol. The second-order valence-electron chi connectivity index (χ2n) is 6.81. The van der Waals surface area contributed by atoms with Gasteiger partial charge in [-0.15, -0.1) is 45.3 Å². The molecule has 0 fully saturated rings. The number of unbranched alkanes of at least 4 members (excludes halogenated alkanes) is 3. The van der Waals surface area contributed by atoms with Crippen molar-refractivity contribution in [3.05, 3.63) is 64.9 Å². The molecule has 0 unspecified atom stereocenters. The molecule has 4 rings (SSSR count). The van der Waals surface area contributed by atoms with E-state index in [1.807, 2.05) is 40.1 Å². The summed E-state index contributed by atoms with van der Waals surface area (Å²) in [6.45, 7) is 6.14. The molecule has 4 heteroatoms. The van der Waals surface area contributed by atoms with Crippen molar-refractivity contribution in [3.63, 3.8) is 0 Å². The molecule has 144 valence electrons. The third kappa shape index (κ3) is 4.57. The average molecular weight is 441 g/mol. The molecule has 0 amide bonds. The van der Waals surface area contributed by atoms with Crippen molar-refractivity contribution in [1.29, 1.82) is 0 Å². The van der Waals surface area contributed by atoms with E-state index >= 15 is 0 Å². The highest BCUT2D eigenvalue weighted by molar-refractivity contribution is 7.28. The molecule has 0 spiro atoms. The Bertz CT molecular complexity index is 1040. The summed E-state index contributed by atoms with van der Waals surface area (Å²) in [5.41, 5.74) is 0. The lowest BCUT2D eigenvalue weighted by Crippen LogP contribution is -1.80. The van der Waals surface area contributed by atoms with Gasteiger partial charge in [-0.05, 0) is 61.4 Å². The first kappa shape index (κ1) is 19.8. The second-order valence-corrected chi connectivity index (χ2v) is 11.3. The first-order chi connectivity index (χ1) is 13.8. The Morgan fingerprint density at radius 3 is 1.75 bits per heavy atom. The van der Waals surface area contributed by atoms with Crippen molar-refractivity contribution in [2.75, 3.05) is 0 Å². The third-order valence-corrected chi connectivity index (χ3v) is 9.69. The molecular formula is C24H24S4. The van der Waals surface area contributed by atoms with Crippen molar-refractivity contribution in [2.45, 2.75) is 39.0 Å². The van der Waals surface area contributed by atoms with Crippen LogP contribution in [0.25, 0.3) is 35.3 Å². The highest BCUT2D eigenvalue weighted by atomic mass is 32.1. The summed E-state index contributed by atoms with van der Waals surface area (Å²) in [5, 5.41) is 0. The number of aryl methyl sites for hydroxylation is 1. The number of thiophene rings is 4. The number of rotatable bonds is 9. The Kier molecular flexibility index (Phi) is 6.63. The van der Waals surface area contributed by atoms with Gasteiger partial charge in [0.1, 0.15) is 0 Å². The molecule has 0 radical (unpaired) electrons. The maximum absolute atomic E-state index is 3.87. The zero-order valence-electron chi connectivity index (χ0n) is 16.1. The molecule has 0 atom stereocenters. The molecule has 4 aromatic rings. The van der Waals surface area contributed by atoms with E-state index in [-0.39, 0.29) is 0 Å². The first-order valence-electron chi connectivity index (χ1n) is 9.78. The zero-order chi connectivity index (χ0) is 19.3. The quantitative estimate of drug-likeness (QED) is 0.227. The fourth-order valence-corrected chi connectivity index (χ4v) is 7.36. The maximum atomic E-state index is 3.87. The minimum atomic E-state index is 1.23. The molecule has 0 aliphatic carbocycles. The van der Waals surface area contributed by atoms with E-state index in [4.69, 9.17) is 0 Å². The fourth-order valence-electron chi connectivity index (χ4n) is 3.17. The Balaban J connectivity index is 1.46. The lowest BCUT2D eigenvalue weighted by molar-refractivity contribution is 0.670. The van der Waals surface area contributed by atoms with E-state index in [0.29, 0.717) is 0 Å². The normalized spacial score (nSPS) is 11.2. The van der Waals surface area contributed by atoms with Crippen molar-refractivity contribution in [2.24, 2.45) is 0 Å². The largest absolute Gasteiger partial charge is 0.139 e. The van der Waals surface area contributed by atoms with Crippen LogP contribution in [0.2, 0.25) is 0 Å². The van der Waals surface area contributed by atoms with Gasteiger partial charge in [0, 0.05) is 39.0 Å². The molecule has 0 aromatic carbocycles. The molecule has 0 saturated carbocycles. The van der Waals surface area contributed by atoms with Crippen LogP contribution in [0.4, 0.5) is 0 Å². The van der Waals surface area contributed by atoms with E-state index in [0.717, 1.165) is 0 Å². The van der Waals surface area contributed by atoms with Crippen LogP contribution in [0, 0.1) is 0 Å². The van der Waals surface area contributed by atoms with Gasteiger partial charge in [-0.1, -0.05) is 38.8 Å². The third-order valence-electron chi connectivity index (χ3n) is 4.71. The number of hydrogen-bond donors (Lipinski definition) is 0. The summed E-state index contributed by atoms with van der Waals surface area (Å²) < 4.78 is 0. The fraction of sp³-hybridized carbons (Fsp3) is 0.250. The van der Waals surface area contributed by atoms with E-state index in [2.05, 4.69) is 62.0 Å². The lowest BCUT2D eigenvalue weighted by Gasteiger charge is -1.96. The zero-order valence-corrected chi connectivity index (χ0v) is 19.3. The van der Waals surface area contributed by atoms with Gasteiger partial charge >= 0.3 is 0 Å². The van der Waals surface area contributed by atoms with Gasteiger partial charge in [0.05, 0.1) is 0 Å². The van der Waals surface area contributed by atoms with Crippen LogP contribution in [0.15, 0.2) is 55.1 Å². The predicted octanol–water partition coefficient (Wildman–Crippen LogP) is 9.70. The Morgan fingerprint density at radius 2 is 1.18 bits per heavy atom. The van der Waals surface area contributed by atoms with Gasteiger partial charge in [0.2, 0.25) is 0 Å². The van der Waals surface area contributed by atoms with Crippen LogP contribution < -0.4 is 0 Å². The van der Waals surface area contributed by atoms with Gasteiger partial charge in [-0.3, -0.25) is 0 Å². The minimum Gasteiger partial charge on any atom is -0.139 e. The molecule has 0 saturated heterocycles. The molecule has 4 heterocycles. The minimum absolute atomic E-state index is 1.23. The lowest BCUT2D eigenvalue weighted by atomic mass is 10.1. The summed E-state index contributed by atoms with van der Waals surface area (Å²) in [6.07, 6.45) is 8.48. The Morgan fingerprint density at radius 1 is 0.643 bits per heavy atom. The molecule has 0 aliphatic rings. The van der Waals surface area contributed by atoms with Crippen LogP contribution in [0.1, 0.15) is 42.4 Å².